The molecule has 0 aliphatic heterocycles. The van der Waals surface area contributed by atoms with E-state index in [9.17, 15) is 9.59 Å². The molecule has 7 rings (SSSR count). The number of hydrogen-bond acceptors (Lipinski definition) is 7. The zero-order valence-corrected chi connectivity index (χ0v) is 24.5. The first-order valence-corrected chi connectivity index (χ1v) is 15.3. The highest BCUT2D eigenvalue weighted by Gasteiger charge is 2.24. The fourth-order valence-electron chi connectivity index (χ4n) is 5.48. The molecule has 44 heavy (non-hydrogen) atoms. The molecule has 2 fully saturated rings. The van der Waals surface area contributed by atoms with Gasteiger partial charge in [-0.15, -0.1) is 0 Å². The van der Waals surface area contributed by atoms with Crippen LogP contribution in [0.15, 0.2) is 72.9 Å². The fraction of sp³-hybridized carbons (Fsp3) is 0.324. The maximum Gasteiger partial charge on any atom is 0.257 e. The number of carbonyl (C=O) groups excluding carboxylic acids is 2. The summed E-state index contributed by atoms with van der Waals surface area (Å²) in [6, 6.07) is 21.2. The summed E-state index contributed by atoms with van der Waals surface area (Å²) in [5.41, 5.74) is 3.11. The number of aromatic amines is 1. The van der Waals surface area contributed by atoms with Crippen LogP contribution < -0.4 is 20.3 Å². The first-order valence-electron chi connectivity index (χ1n) is 15.3. The molecule has 3 aromatic carbocycles. The summed E-state index contributed by atoms with van der Waals surface area (Å²) >= 11 is 0. The first kappa shape index (κ1) is 27.8. The third-order valence-electron chi connectivity index (χ3n) is 8.46. The van der Waals surface area contributed by atoms with Gasteiger partial charge in [0.25, 0.3) is 5.91 Å². The number of amides is 2. The lowest BCUT2D eigenvalue weighted by Gasteiger charge is -2.28. The predicted molar refractivity (Wildman–Crippen MR) is 170 cm³/mol. The smallest absolute Gasteiger partial charge is 0.257 e. The summed E-state index contributed by atoms with van der Waals surface area (Å²) in [7, 11) is 0. The molecular weight excluding hydrogens is 554 g/mol. The van der Waals surface area contributed by atoms with E-state index in [0.29, 0.717) is 47.9 Å². The van der Waals surface area contributed by atoms with Crippen LogP contribution in [0.1, 0.15) is 32.1 Å². The lowest BCUT2D eigenvalue weighted by atomic mass is 9.85. The molecule has 2 aliphatic carbocycles. The van der Waals surface area contributed by atoms with E-state index < -0.39 is 0 Å². The van der Waals surface area contributed by atoms with Gasteiger partial charge in [-0.25, -0.2) is 9.97 Å². The van der Waals surface area contributed by atoms with Gasteiger partial charge in [-0.3, -0.25) is 14.7 Å². The number of anilines is 2. The predicted octanol–water partition coefficient (Wildman–Crippen LogP) is 5.13. The molecule has 2 amide bonds. The van der Waals surface area contributed by atoms with E-state index in [2.05, 4.69) is 20.8 Å². The van der Waals surface area contributed by atoms with Gasteiger partial charge < -0.3 is 20.3 Å². The van der Waals surface area contributed by atoms with Crippen LogP contribution in [0, 0.1) is 11.8 Å². The van der Waals surface area contributed by atoms with Crippen LogP contribution in [0.4, 0.5) is 11.5 Å². The second-order valence-electron chi connectivity index (χ2n) is 11.7. The molecule has 0 unspecified atom stereocenters. The standard InChI is InChI=1S/C34H35N7O3/c42-31(35-17-22-6-5-7-22)20-41(25-14-15-28-24(16-25)19-37-40-28)34-26-8-1-3-10-29(26)38-33(39-34)27-9-2-4-11-30(27)44-21-32(43)36-18-23-12-13-23/h1-4,8-11,14-16,19,22-23H,5-7,12-13,17-18,20-21H2,(H,35,42)(H,36,43)(H,37,40). The van der Waals surface area contributed by atoms with Gasteiger partial charge in [0.1, 0.15) is 18.1 Å². The Morgan fingerprint density at radius 3 is 2.48 bits per heavy atom. The number of nitrogens with zero attached hydrogens (tertiary/aromatic N) is 4. The first-order chi connectivity index (χ1) is 21.6. The summed E-state index contributed by atoms with van der Waals surface area (Å²) in [5, 5.41) is 15.0. The summed E-state index contributed by atoms with van der Waals surface area (Å²) in [5.74, 6) is 2.47. The number of H-pyrrole nitrogens is 1. The van der Waals surface area contributed by atoms with Crippen molar-refractivity contribution < 1.29 is 14.3 Å². The van der Waals surface area contributed by atoms with Gasteiger partial charge in [-0.2, -0.15) is 5.10 Å². The minimum absolute atomic E-state index is 0.0747. The van der Waals surface area contributed by atoms with Crippen molar-refractivity contribution in [1.29, 1.82) is 0 Å². The fourth-order valence-corrected chi connectivity index (χ4v) is 5.48. The van der Waals surface area contributed by atoms with E-state index in [0.717, 1.165) is 40.3 Å². The summed E-state index contributed by atoms with van der Waals surface area (Å²) in [6.07, 6.45) is 7.64. The van der Waals surface area contributed by atoms with Crippen molar-refractivity contribution >= 4 is 45.1 Å². The summed E-state index contributed by atoms with van der Waals surface area (Å²) in [4.78, 5) is 37.7. The van der Waals surface area contributed by atoms with E-state index in [1.165, 1.54) is 19.3 Å². The molecule has 224 valence electrons. The van der Waals surface area contributed by atoms with Crippen LogP contribution in [-0.2, 0) is 9.59 Å². The highest BCUT2D eigenvalue weighted by atomic mass is 16.5. The minimum Gasteiger partial charge on any atom is -0.483 e. The molecule has 10 heteroatoms. The van der Waals surface area contributed by atoms with E-state index in [1.54, 1.807) is 6.20 Å². The van der Waals surface area contributed by atoms with Crippen LogP contribution in [-0.4, -0.2) is 58.2 Å². The van der Waals surface area contributed by atoms with Gasteiger partial charge in [0.2, 0.25) is 5.91 Å². The number of carbonyl (C=O) groups is 2. The Balaban J connectivity index is 1.25. The molecule has 0 spiro atoms. The van der Waals surface area contributed by atoms with Crippen LogP contribution in [0.25, 0.3) is 33.2 Å². The summed E-state index contributed by atoms with van der Waals surface area (Å²) in [6.45, 7) is 1.36. The van der Waals surface area contributed by atoms with E-state index >= 15 is 0 Å². The molecule has 2 heterocycles. The van der Waals surface area contributed by atoms with Crippen molar-refractivity contribution in [3.05, 3.63) is 72.9 Å². The molecule has 10 nitrogen and oxygen atoms in total. The van der Waals surface area contributed by atoms with Crippen molar-refractivity contribution in [1.82, 2.24) is 30.8 Å². The Labute approximate surface area is 255 Å². The maximum absolute atomic E-state index is 13.4. The van der Waals surface area contributed by atoms with Crippen LogP contribution in [0.5, 0.6) is 5.75 Å². The number of aromatic nitrogens is 4. The highest BCUT2D eigenvalue weighted by molar-refractivity contribution is 5.97. The Hall–Kier alpha value is -4.99. The number of nitrogens with one attached hydrogen (secondary N) is 3. The van der Waals surface area contributed by atoms with Gasteiger partial charge in [-0.05, 0) is 80.0 Å². The average molecular weight is 590 g/mol. The van der Waals surface area contributed by atoms with E-state index in [-0.39, 0.29) is 25.0 Å². The van der Waals surface area contributed by atoms with E-state index in [1.807, 2.05) is 71.6 Å². The molecule has 2 aromatic heterocycles. The third kappa shape index (κ3) is 6.20. The number of ether oxygens (including phenoxy) is 1. The topological polar surface area (TPSA) is 125 Å². The lowest BCUT2D eigenvalue weighted by Crippen LogP contribution is -2.39. The molecule has 2 saturated carbocycles. The average Bonchev–Trinajstić information content (AvgIpc) is 3.74. The second-order valence-corrected chi connectivity index (χ2v) is 11.7. The van der Waals surface area contributed by atoms with Gasteiger partial charge in [0.05, 0.1) is 22.8 Å². The van der Waals surface area contributed by atoms with Crippen LogP contribution in [0.2, 0.25) is 0 Å². The largest absolute Gasteiger partial charge is 0.483 e. The Morgan fingerprint density at radius 1 is 0.886 bits per heavy atom. The van der Waals surface area contributed by atoms with Crippen molar-refractivity contribution in [2.45, 2.75) is 32.1 Å². The van der Waals surface area contributed by atoms with Gasteiger partial charge in [0.15, 0.2) is 12.4 Å². The summed E-state index contributed by atoms with van der Waals surface area (Å²) < 4.78 is 6.00. The number of hydrogen-bond donors (Lipinski definition) is 3. The SMILES string of the molecule is O=C(COc1ccccc1-c1nc(N(CC(=O)NCC2CCC2)c2ccc3[nH]ncc3c2)c2ccccc2n1)NCC1CC1. The Bertz CT molecular complexity index is 1810. The molecule has 0 radical (unpaired) electrons. The minimum atomic E-state index is -0.152. The monoisotopic (exact) mass is 589 g/mol. The highest BCUT2D eigenvalue weighted by Crippen LogP contribution is 2.36. The van der Waals surface area contributed by atoms with Crippen molar-refractivity contribution in [3.63, 3.8) is 0 Å². The molecule has 0 saturated heterocycles. The third-order valence-corrected chi connectivity index (χ3v) is 8.46. The van der Waals surface area contributed by atoms with Gasteiger partial charge in [-0.1, -0.05) is 30.7 Å². The molecule has 5 aromatic rings. The quantitative estimate of drug-likeness (QED) is 0.184. The maximum atomic E-state index is 13.4. The van der Waals surface area contributed by atoms with Gasteiger partial charge >= 0.3 is 0 Å². The number of benzene rings is 3. The van der Waals surface area contributed by atoms with Crippen molar-refractivity contribution in [2.75, 3.05) is 31.1 Å². The lowest BCUT2D eigenvalue weighted by molar-refractivity contribution is -0.123. The zero-order valence-electron chi connectivity index (χ0n) is 24.5. The normalized spacial score (nSPS) is 14.7. The molecule has 0 atom stereocenters. The number of para-hydroxylation sites is 2. The Kier molecular flexibility index (Phi) is 7.79. The van der Waals surface area contributed by atoms with Crippen molar-refractivity contribution in [3.8, 4) is 17.1 Å². The second kappa shape index (κ2) is 12.3. The number of rotatable bonds is 12. The molecule has 2 aliphatic rings. The molecular formula is C34H35N7O3. The van der Waals surface area contributed by atoms with Crippen molar-refractivity contribution in [2.24, 2.45) is 11.8 Å². The molecule has 0 bridgehead atoms. The van der Waals surface area contributed by atoms with Gasteiger partial charge in [0, 0.05) is 29.5 Å². The number of fused-ring (bicyclic) bond motifs is 2. The Morgan fingerprint density at radius 2 is 1.66 bits per heavy atom. The van der Waals surface area contributed by atoms with E-state index in [4.69, 9.17) is 14.7 Å². The van der Waals surface area contributed by atoms with Crippen LogP contribution in [0.3, 0.4) is 0 Å². The van der Waals surface area contributed by atoms with Crippen LogP contribution >= 0.6 is 0 Å². The molecule has 3 N–H and O–H groups in total. The zero-order chi connectivity index (χ0) is 29.9.